The maximum absolute atomic E-state index is 12.7. The third-order valence-electron chi connectivity index (χ3n) is 4.68. The summed E-state index contributed by atoms with van der Waals surface area (Å²) in [4.78, 5) is 28.1. The largest absolute Gasteiger partial charge is 0.325 e. The Labute approximate surface area is 152 Å². The normalized spacial score (nSPS) is 17.0. The molecule has 2 amide bonds. The molecule has 0 aliphatic carbocycles. The minimum Gasteiger partial charge on any atom is -0.325 e. The molecule has 0 saturated carbocycles. The van der Waals surface area contributed by atoms with Crippen LogP contribution in [-0.2, 0) is 9.59 Å². The van der Waals surface area contributed by atoms with E-state index in [2.05, 4.69) is 5.32 Å². The van der Waals surface area contributed by atoms with E-state index in [1.54, 1.807) is 16.7 Å². The predicted molar refractivity (Wildman–Crippen MR) is 103 cm³/mol. The molecular formula is C20H22N2O2S. The SMILES string of the molecule is CSc1ccc(NC(=O)C2CCN(c3ccc(C)c(C)c3)C2=O)cc1. The Hall–Kier alpha value is -2.27. The van der Waals surface area contributed by atoms with Crippen molar-refractivity contribution in [2.45, 2.75) is 25.2 Å². The molecule has 5 heteroatoms. The van der Waals surface area contributed by atoms with Crippen molar-refractivity contribution in [2.24, 2.45) is 5.92 Å². The quantitative estimate of drug-likeness (QED) is 0.666. The third kappa shape index (κ3) is 3.71. The van der Waals surface area contributed by atoms with Crippen LogP contribution >= 0.6 is 11.8 Å². The van der Waals surface area contributed by atoms with E-state index in [1.807, 2.05) is 62.6 Å². The molecule has 0 aromatic heterocycles. The lowest BCUT2D eigenvalue weighted by Crippen LogP contribution is -2.33. The molecule has 1 heterocycles. The van der Waals surface area contributed by atoms with Crippen molar-refractivity contribution < 1.29 is 9.59 Å². The summed E-state index contributed by atoms with van der Waals surface area (Å²) in [6, 6.07) is 13.6. The Morgan fingerprint density at radius 3 is 2.48 bits per heavy atom. The average molecular weight is 354 g/mol. The number of aryl methyl sites for hydroxylation is 2. The van der Waals surface area contributed by atoms with E-state index in [-0.39, 0.29) is 11.8 Å². The number of hydrogen-bond acceptors (Lipinski definition) is 3. The molecule has 1 aliphatic heterocycles. The third-order valence-corrected chi connectivity index (χ3v) is 5.43. The molecule has 1 aliphatic rings. The molecule has 0 spiro atoms. The molecule has 3 rings (SSSR count). The zero-order valence-electron chi connectivity index (χ0n) is 14.7. The number of rotatable bonds is 4. The van der Waals surface area contributed by atoms with Crippen LogP contribution in [0.5, 0.6) is 0 Å². The molecule has 1 fully saturated rings. The van der Waals surface area contributed by atoms with Crippen molar-refractivity contribution in [2.75, 3.05) is 23.0 Å². The highest BCUT2D eigenvalue weighted by molar-refractivity contribution is 7.98. The van der Waals surface area contributed by atoms with Gasteiger partial charge in [0.15, 0.2) is 0 Å². The van der Waals surface area contributed by atoms with Gasteiger partial charge in [0.05, 0.1) is 0 Å². The van der Waals surface area contributed by atoms with Crippen LogP contribution in [0.1, 0.15) is 17.5 Å². The Balaban J connectivity index is 1.70. The highest BCUT2D eigenvalue weighted by Crippen LogP contribution is 2.28. The summed E-state index contributed by atoms with van der Waals surface area (Å²) in [6.07, 6.45) is 2.55. The fourth-order valence-corrected chi connectivity index (χ4v) is 3.39. The van der Waals surface area contributed by atoms with E-state index in [4.69, 9.17) is 0 Å². The van der Waals surface area contributed by atoms with Gasteiger partial charge in [-0.05, 0) is 74.0 Å². The number of anilines is 2. The molecule has 25 heavy (non-hydrogen) atoms. The van der Waals surface area contributed by atoms with Crippen molar-refractivity contribution in [1.82, 2.24) is 0 Å². The topological polar surface area (TPSA) is 49.4 Å². The van der Waals surface area contributed by atoms with Crippen LogP contribution in [0.3, 0.4) is 0 Å². The van der Waals surface area contributed by atoms with Gasteiger partial charge in [0, 0.05) is 22.8 Å². The summed E-state index contributed by atoms with van der Waals surface area (Å²) in [5, 5.41) is 2.86. The van der Waals surface area contributed by atoms with Gasteiger partial charge in [-0.2, -0.15) is 0 Å². The lowest BCUT2D eigenvalue weighted by atomic mass is 10.1. The van der Waals surface area contributed by atoms with Gasteiger partial charge in [-0.25, -0.2) is 0 Å². The standard InChI is InChI=1S/C20H22N2O2S/c1-13-4-7-16(12-14(13)2)22-11-10-18(20(22)24)19(23)21-15-5-8-17(25-3)9-6-15/h4-9,12,18H,10-11H2,1-3H3,(H,21,23). The number of carbonyl (C=O) groups is 2. The molecule has 130 valence electrons. The fourth-order valence-electron chi connectivity index (χ4n) is 2.98. The molecule has 4 nitrogen and oxygen atoms in total. The number of thioether (sulfide) groups is 1. The monoisotopic (exact) mass is 354 g/mol. The summed E-state index contributed by atoms with van der Waals surface area (Å²) >= 11 is 1.65. The fraction of sp³-hybridized carbons (Fsp3) is 0.300. The first-order valence-corrected chi connectivity index (χ1v) is 9.55. The van der Waals surface area contributed by atoms with E-state index < -0.39 is 5.92 Å². The van der Waals surface area contributed by atoms with Crippen LogP contribution in [0.25, 0.3) is 0 Å². The Morgan fingerprint density at radius 1 is 1.12 bits per heavy atom. The second-order valence-electron chi connectivity index (χ2n) is 6.32. The lowest BCUT2D eigenvalue weighted by molar-refractivity contribution is -0.129. The Bertz CT molecular complexity index is 802. The van der Waals surface area contributed by atoms with Crippen molar-refractivity contribution in [3.63, 3.8) is 0 Å². The molecule has 2 aromatic carbocycles. The second kappa shape index (κ2) is 7.31. The minimum atomic E-state index is -0.623. The van der Waals surface area contributed by atoms with E-state index in [1.165, 1.54) is 5.56 Å². The van der Waals surface area contributed by atoms with E-state index >= 15 is 0 Å². The van der Waals surface area contributed by atoms with Gasteiger partial charge in [0.1, 0.15) is 5.92 Å². The van der Waals surface area contributed by atoms with Crippen LogP contribution in [-0.4, -0.2) is 24.6 Å². The minimum absolute atomic E-state index is 0.124. The maximum atomic E-state index is 12.7. The first-order valence-electron chi connectivity index (χ1n) is 8.33. The summed E-state index contributed by atoms with van der Waals surface area (Å²) in [5.41, 5.74) is 3.93. The molecule has 2 aromatic rings. The van der Waals surface area contributed by atoms with Gasteiger partial charge in [0.2, 0.25) is 11.8 Å². The van der Waals surface area contributed by atoms with Crippen molar-refractivity contribution in [3.8, 4) is 0 Å². The Kier molecular flexibility index (Phi) is 5.13. The zero-order valence-corrected chi connectivity index (χ0v) is 15.5. The predicted octanol–water partition coefficient (Wildman–Crippen LogP) is 4.02. The summed E-state index contributed by atoms with van der Waals surface area (Å²) in [5.74, 6) is -0.975. The number of benzene rings is 2. The first-order chi connectivity index (χ1) is 12.0. The van der Waals surface area contributed by atoms with Gasteiger partial charge in [-0.15, -0.1) is 11.8 Å². The van der Waals surface area contributed by atoms with Crippen LogP contribution in [0, 0.1) is 19.8 Å². The molecule has 1 N–H and O–H groups in total. The highest BCUT2D eigenvalue weighted by atomic mass is 32.2. The first kappa shape index (κ1) is 17.5. The number of nitrogens with one attached hydrogen (secondary N) is 1. The maximum Gasteiger partial charge on any atom is 0.239 e. The number of carbonyl (C=O) groups excluding carboxylic acids is 2. The van der Waals surface area contributed by atoms with Gasteiger partial charge in [-0.3, -0.25) is 9.59 Å². The number of amides is 2. The van der Waals surface area contributed by atoms with E-state index in [0.29, 0.717) is 13.0 Å². The van der Waals surface area contributed by atoms with Crippen LogP contribution in [0.2, 0.25) is 0 Å². The van der Waals surface area contributed by atoms with Crippen molar-refractivity contribution in [1.29, 1.82) is 0 Å². The summed E-state index contributed by atoms with van der Waals surface area (Å²) in [6.45, 7) is 4.65. The van der Waals surface area contributed by atoms with Crippen molar-refractivity contribution in [3.05, 3.63) is 53.6 Å². The van der Waals surface area contributed by atoms with Gasteiger partial charge < -0.3 is 10.2 Å². The van der Waals surface area contributed by atoms with Crippen molar-refractivity contribution >= 4 is 35.0 Å². The molecule has 1 atom stereocenters. The smallest absolute Gasteiger partial charge is 0.239 e. The van der Waals surface area contributed by atoms with E-state index in [9.17, 15) is 9.59 Å². The zero-order chi connectivity index (χ0) is 18.0. The summed E-state index contributed by atoms with van der Waals surface area (Å²) in [7, 11) is 0. The number of hydrogen-bond donors (Lipinski definition) is 1. The molecule has 1 unspecified atom stereocenters. The molecule has 1 saturated heterocycles. The molecule has 0 radical (unpaired) electrons. The summed E-state index contributed by atoms with van der Waals surface area (Å²) < 4.78 is 0. The van der Waals surface area contributed by atoms with Crippen LogP contribution in [0.4, 0.5) is 11.4 Å². The molecule has 0 bridgehead atoms. The second-order valence-corrected chi connectivity index (χ2v) is 7.20. The van der Waals surface area contributed by atoms with E-state index in [0.717, 1.165) is 21.8 Å². The highest BCUT2D eigenvalue weighted by Gasteiger charge is 2.37. The van der Waals surface area contributed by atoms with Gasteiger partial charge in [-0.1, -0.05) is 6.07 Å². The van der Waals surface area contributed by atoms with Crippen LogP contribution in [0.15, 0.2) is 47.4 Å². The average Bonchev–Trinajstić information content (AvgIpc) is 2.99. The van der Waals surface area contributed by atoms with Gasteiger partial charge in [0.25, 0.3) is 0 Å². The number of nitrogens with zero attached hydrogens (tertiary/aromatic N) is 1. The van der Waals surface area contributed by atoms with Crippen LogP contribution < -0.4 is 10.2 Å². The molecular weight excluding hydrogens is 332 g/mol. The Morgan fingerprint density at radius 2 is 1.84 bits per heavy atom. The van der Waals surface area contributed by atoms with Gasteiger partial charge >= 0.3 is 0 Å². The lowest BCUT2D eigenvalue weighted by Gasteiger charge is -2.18.